The highest BCUT2D eigenvalue weighted by atomic mass is 19.1. The first-order valence-corrected chi connectivity index (χ1v) is 10.2. The molecule has 158 valence electrons. The van der Waals surface area contributed by atoms with Crippen molar-refractivity contribution in [1.29, 1.82) is 0 Å². The zero-order valence-electron chi connectivity index (χ0n) is 17.4. The van der Waals surface area contributed by atoms with E-state index in [1.165, 1.54) is 10.5 Å². The number of anilines is 1. The maximum atomic E-state index is 14.1. The quantitative estimate of drug-likeness (QED) is 0.501. The van der Waals surface area contributed by atoms with Gasteiger partial charge in [0, 0.05) is 39.4 Å². The van der Waals surface area contributed by atoms with E-state index in [1.54, 1.807) is 47.0 Å². The number of hydrogen-bond donors (Lipinski definition) is 0. The van der Waals surface area contributed by atoms with Crippen molar-refractivity contribution in [2.45, 2.75) is 6.92 Å². The molecule has 3 aromatic heterocycles. The molecule has 1 aliphatic heterocycles. The summed E-state index contributed by atoms with van der Waals surface area (Å²) in [7, 11) is 1.76. The number of aryl methyl sites for hydroxylation is 2. The summed E-state index contributed by atoms with van der Waals surface area (Å²) in [6.07, 6.45) is 1.69. The Hall–Kier alpha value is -3.68. The lowest BCUT2D eigenvalue weighted by atomic mass is 10.2. The fraction of sp³-hybridized carbons (Fsp3) is 0.261. The van der Waals surface area contributed by atoms with Crippen molar-refractivity contribution >= 4 is 28.3 Å². The van der Waals surface area contributed by atoms with Gasteiger partial charge in [0.25, 0.3) is 11.5 Å². The average molecular weight is 419 g/mol. The Labute approximate surface area is 177 Å². The van der Waals surface area contributed by atoms with E-state index in [9.17, 15) is 14.0 Å². The van der Waals surface area contributed by atoms with Gasteiger partial charge in [0.2, 0.25) is 0 Å². The molecule has 31 heavy (non-hydrogen) atoms. The molecule has 0 radical (unpaired) electrons. The standard InChI is InChI=1S/C23H22FN5O2/c1-15-6-5-9-29-20(15)25-21-16(22(29)30)14-19(26(21)2)23(31)28-12-10-27(11-13-28)18-8-4-3-7-17(18)24/h3-9,14H,10-13H2,1-2H3. The summed E-state index contributed by atoms with van der Waals surface area (Å²) >= 11 is 0. The van der Waals surface area contributed by atoms with Crippen LogP contribution >= 0.6 is 0 Å². The van der Waals surface area contributed by atoms with Gasteiger partial charge >= 0.3 is 0 Å². The van der Waals surface area contributed by atoms with Crippen LogP contribution in [0.3, 0.4) is 0 Å². The van der Waals surface area contributed by atoms with Crippen molar-refractivity contribution in [3.05, 3.63) is 76.1 Å². The van der Waals surface area contributed by atoms with Crippen molar-refractivity contribution in [3.63, 3.8) is 0 Å². The molecule has 0 unspecified atom stereocenters. The molecule has 0 spiro atoms. The summed E-state index contributed by atoms with van der Waals surface area (Å²) in [5.74, 6) is -0.413. The minimum Gasteiger partial charge on any atom is -0.366 e. The highest BCUT2D eigenvalue weighted by Gasteiger charge is 2.26. The lowest BCUT2D eigenvalue weighted by Gasteiger charge is -2.36. The van der Waals surface area contributed by atoms with Gasteiger partial charge in [0.15, 0.2) is 0 Å². The highest BCUT2D eigenvalue weighted by molar-refractivity contribution is 5.98. The Kier molecular flexibility index (Phi) is 4.50. The molecule has 1 amide bonds. The number of carbonyl (C=O) groups excluding carboxylic acids is 1. The van der Waals surface area contributed by atoms with Crippen LogP contribution in [0, 0.1) is 12.7 Å². The second-order valence-electron chi connectivity index (χ2n) is 7.86. The summed E-state index contributed by atoms with van der Waals surface area (Å²) in [6.45, 7) is 3.93. The van der Waals surface area contributed by atoms with E-state index in [2.05, 4.69) is 4.98 Å². The molecule has 1 saturated heterocycles. The lowest BCUT2D eigenvalue weighted by molar-refractivity contribution is 0.0737. The molecule has 0 saturated carbocycles. The Balaban J connectivity index is 1.45. The van der Waals surface area contributed by atoms with Gasteiger partial charge in [-0.15, -0.1) is 0 Å². The minimum absolute atomic E-state index is 0.154. The molecule has 0 bridgehead atoms. The molecular formula is C23H22FN5O2. The van der Waals surface area contributed by atoms with E-state index in [0.29, 0.717) is 54.2 Å². The van der Waals surface area contributed by atoms with Crippen LogP contribution in [-0.4, -0.2) is 50.9 Å². The second kappa shape index (κ2) is 7.23. The lowest BCUT2D eigenvalue weighted by Crippen LogP contribution is -2.49. The van der Waals surface area contributed by atoms with Crippen LogP contribution in [0.5, 0.6) is 0 Å². The van der Waals surface area contributed by atoms with Crippen molar-refractivity contribution in [2.75, 3.05) is 31.1 Å². The number of aromatic nitrogens is 3. The molecule has 4 heterocycles. The first-order chi connectivity index (χ1) is 15.0. The number of fused-ring (bicyclic) bond motifs is 2. The Morgan fingerprint density at radius 1 is 1.03 bits per heavy atom. The molecule has 4 aromatic rings. The normalized spacial score (nSPS) is 14.5. The van der Waals surface area contributed by atoms with Crippen LogP contribution < -0.4 is 10.5 Å². The molecule has 0 aliphatic carbocycles. The first-order valence-electron chi connectivity index (χ1n) is 10.2. The summed E-state index contributed by atoms with van der Waals surface area (Å²) in [5, 5.41) is 0.416. The smallest absolute Gasteiger partial charge is 0.270 e. The fourth-order valence-corrected chi connectivity index (χ4v) is 4.26. The number of piperazine rings is 1. The number of pyridine rings is 1. The number of amides is 1. The summed E-state index contributed by atoms with van der Waals surface area (Å²) in [4.78, 5) is 34.6. The topological polar surface area (TPSA) is 62.9 Å². The number of halogens is 1. The first kappa shape index (κ1) is 19.3. The van der Waals surface area contributed by atoms with Crippen molar-refractivity contribution < 1.29 is 9.18 Å². The third-order valence-corrected chi connectivity index (χ3v) is 6.00. The molecule has 1 fully saturated rings. The van der Waals surface area contributed by atoms with E-state index in [-0.39, 0.29) is 17.3 Å². The van der Waals surface area contributed by atoms with Crippen molar-refractivity contribution in [1.82, 2.24) is 18.9 Å². The predicted octanol–water partition coefficient (Wildman–Crippen LogP) is 2.60. The van der Waals surface area contributed by atoms with E-state index < -0.39 is 0 Å². The molecule has 1 aliphatic rings. The summed E-state index contributed by atoms with van der Waals surface area (Å²) < 4.78 is 17.3. The zero-order valence-corrected chi connectivity index (χ0v) is 17.4. The van der Waals surface area contributed by atoms with Gasteiger partial charge < -0.3 is 14.4 Å². The van der Waals surface area contributed by atoms with Crippen molar-refractivity contribution in [2.24, 2.45) is 7.05 Å². The van der Waals surface area contributed by atoms with E-state index in [1.807, 2.05) is 24.0 Å². The summed E-state index contributed by atoms with van der Waals surface area (Å²) in [6, 6.07) is 12.0. The van der Waals surface area contributed by atoms with Crippen LogP contribution in [0.15, 0.2) is 53.5 Å². The van der Waals surface area contributed by atoms with E-state index in [0.717, 1.165) is 5.56 Å². The van der Waals surface area contributed by atoms with Crippen LogP contribution in [0.4, 0.5) is 10.1 Å². The maximum Gasteiger partial charge on any atom is 0.270 e. The minimum atomic E-state index is -0.259. The van der Waals surface area contributed by atoms with E-state index in [4.69, 9.17) is 0 Å². The molecule has 0 atom stereocenters. The van der Waals surface area contributed by atoms with E-state index >= 15 is 0 Å². The third-order valence-electron chi connectivity index (χ3n) is 6.00. The molecule has 7 nitrogen and oxygen atoms in total. The average Bonchev–Trinajstić information content (AvgIpc) is 3.11. The molecular weight excluding hydrogens is 397 g/mol. The number of rotatable bonds is 2. The molecule has 1 aromatic carbocycles. The fourth-order valence-electron chi connectivity index (χ4n) is 4.26. The summed E-state index contributed by atoms with van der Waals surface area (Å²) in [5.41, 5.74) is 2.75. The van der Waals surface area contributed by atoms with Gasteiger partial charge in [-0.05, 0) is 36.8 Å². The Bertz CT molecular complexity index is 1380. The monoisotopic (exact) mass is 419 g/mol. The maximum absolute atomic E-state index is 14.1. The van der Waals surface area contributed by atoms with Gasteiger partial charge in [-0.25, -0.2) is 9.37 Å². The van der Waals surface area contributed by atoms with Crippen LogP contribution in [0.2, 0.25) is 0 Å². The van der Waals surface area contributed by atoms with Crippen LogP contribution in [-0.2, 0) is 7.05 Å². The number of nitrogens with zero attached hydrogens (tertiary/aromatic N) is 5. The Morgan fingerprint density at radius 2 is 1.77 bits per heavy atom. The molecule has 5 rings (SSSR count). The van der Waals surface area contributed by atoms with Gasteiger partial charge in [-0.2, -0.15) is 0 Å². The number of carbonyl (C=O) groups is 1. The zero-order chi connectivity index (χ0) is 21.7. The van der Waals surface area contributed by atoms with Gasteiger partial charge in [0.05, 0.1) is 11.1 Å². The van der Waals surface area contributed by atoms with Crippen LogP contribution in [0.25, 0.3) is 16.7 Å². The second-order valence-corrected chi connectivity index (χ2v) is 7.86. The van der Waals surface area contributed by atoms with Crippen LogP contribution in [0.1, 0.15) is 16.1 Å². The number of hydrogen-bond acceptors (Lipinski definition) is 4. The number of benzene rings is 1. The third kappa shape index (κ3) is 3.06. The molecule has 0 N–H and O–H groups in total. The SMILES string of the molecule is Cc1cccn2c(=O)c3cc(C(=O)N4CCN(c5ccccc5F)CC4)n(C)c3nc12. The molecule has 8 heteroatoms. The van der Waals surface area contributed by atoms with Gasteiger partial charge in [-0.1, -0.05) is 18.2 Å². The van der Waals surface area contributed by atoms with Crippen molar-refractivity contribution in [3.8, 4) is 0 Å². The Morgan fingerprint density at radius 3 is 2.52 bits per heavy atom. The van der Waals surface area contributed by atoms with Gasteiger partial charge in [0.1, 0.15) is 22.8 Å². The highest BCUT2D eigenvalue weighted by Crippen LogP contribution is 2.22. The predicted molar refractivity (Wildman–Crippen MR) is 117 cm³/mol. The number of para-hydroxylation sites is 1. The van der Waals surface area contributed by atoms with Gasteiger partial charge in [-0.3, -0.25) is 14.0 Å². The largest absolute Gasteiger partial charge is 0.366 e.